The second kappa shape index (κ2) is 61.7. The number of allylic oxidation sites excluding steroid dienone is 10. The van der Waals surface area contributed by atoms with E-state index in [1.54, 1.807) is 0 Å². The number of hydrogen-bond acceptors (Lipinski definition) is 6. The molecule has 0 aliphatic carbocycles. The van der Waals surface area contributed by atoms with Crippen molar-refractivity contribution in [2.75, 3.05) is 13.2 Å². The number of hydrogen-bond donors (Lipinski definition) is 0. The van der Waals surface area contributed by atoms with E-state index in [2.05, 4.69) is 81.5 Å². The van der Waals surface area contributed by atoms with Crippen LogP contribution in [0.15, 0.2) is 60.8 Å². The van der Waals surface area contributed by atoms with Crippen molar-refractivity contribution in [1.29, 1.82) is 0 Å². The molecule has 6 heteroatoms. The van der Waals surface area contributed by atoms with Gasteiger partial charge in [0.25, 0.3) is 0 Å². The van der Waals surface area contributed by atoms with Crippen molar-refractivity contribution in [2.45, 2.75) is 335 Å². The largest absolute Gasteiger partial charge is 0.462 e. The van der Waals surface area contributed by atoms with Gasteiger partial charge >= 0.3 is 17.9 Å². The lowest BCUT2D eigenvalue weighted by Crippen LogP contribution is -2.30. The first-order valence-corrected chi connectivity index (χ1v) is 31.8. The Morgan fingerprint density at radius 2 is 0.548 bits per heavy atom. The van der Waals surface area contributed by atoms with Gasteiger partial charge in [-0.25, -0.2) is 0 Å². The maximum absolute atomic E-state index is 12.9. The van der Waals surface area contributed by atoms with Gasteiger partial charge in [0.05, 0.1) is 0 Å². The minimum Gasteiger partial charge on any atom is -0.462 e. The third kappa shape index (κ3) is 59.9. The Morgan fingerprint density at radius 3 is 0.890 bits per heavy atom. The van der Waals surface area contributed by atoms with Gasteiger partial charge in [0.1, 0.15) is 13.2 Å². The van der Waals surface area contributed by atoms with Crippen molar-refractivity contribution < 1.29 is 28.6 Å². The van der Waals surface area contributed by atoms with Crippen LogP contribution < -0.4 is 0 Å². The number of carbonyl (C=O) groups is 3. The first-order valence-electron chi connectivity index (χ1n) is 31.8. The second-order valence-electron chi connectivity index (χ2n) is 21.3. The van der Waals surface area contributed by atoms with Crippen molar-refractivity contribution in [2.24, 2.45) is 0 Å². The Kier molecular flexibility index (Phi) is 59.2. The van der Waals surface area contributed by atoms with Crippen LogP contribution >= 0.6 is 0 Å². The summed E-state index contributed by atoms with van der Waals surface area (Å²) < 4.78 is 16.9. The zero-order valence-electron chi connectivity index (χ0n) is 48.7. The molecule has 73 heavy (non-hydrogen) atoms. The molecule has 0 aromatic carbocycles. The Bertz CT molecular complexity index is 1310. The molecule has 0 amide bonds. The summed E-state index contributed by atoms with van der Waals surface area (Å²) in [4.78, 5) is 38.2. The maximum atomic E-state index is 12.9. The number of esters is 3. The molecule has 0 radical (unpaired) electrons. The average Bonchev–Trinajstić information content (AvgIpc) is 3.39. The summed E-state index contributed by atoms with van der Waals surface area (Å²) >= 11 is 0. The fourth-order valence-electron chi connectivity index (χ4n) is 9.24. The van der Waals surface area contributed by atoms with Crippen LogP contribution in [0, 0.1) is 0 Å². The van der Waals surface area contributed by atoms with E-state index < -0.39 is 6.10 Å². The lowest BCUT2D eigenvalue weighted by atomic mass is 10.0. The molecule has 0 spiro atoms. The highest BCUT2D eigenvalue weighted by molar-refractivity contribution is 5.71. The van der Waals surface area contributed by atoms with Crippen LogP contribution in [0.2, 0.25) is 0 Å². The van der Waals surface area contributed by atoms with Crippen LogP contribution in [0.25, 0.3) is 0 Å². The lowest BCUT2D eigenvalue weighted by molar-refractivity contribution is -0.167. The smallest absolute Gasteiger partial charge is 0.306 e. The third-order valence-electron chi connectivity index (χ3n) is 14.0. The first-order chi connectivity index (χ1) is 36.0. The van der Waals surface area contributed by atoms with Gasteiger partial charge in [0, 0.05) is 19.3 Å². The van der Waals surface area contributed by atoms with Gasteiger partial charge in [0.2, 0.25) is 0 Å². The van der Waals surface area contributed by atoms with Crippen LogP contribution in [0.5, 0.6) is 0 Å². The van der Waals surface area contributed by atoms with Gasteiger partial charge in [-0.15, -0.1) is 0 Å². The molecule has 0 rings (SSSR count). The van der Waals surface area contributed by atoms with Crippen molar-refractivity contribution in [1.82, 2.24) is 0 Å². The fourth-order valence-corrected chi connectivity index (χ4v) is 9.24. The summed E-state index contributed by atoms with van der Waals surface area (Å²) in [6.45, 7) is 6.53. The fraction of sp³-hybridized carbons (Fsp3) is 0.806. The second-order valence-corrected chi connectivity index (χ2v) is 21.3. The van der Waals surface area contributed by atoms with E-state index in [9.17, 15) is 14.4 Å². The van der Waals surface area contributed by atoms with Gasteiger partial charge in [-0.2, -0.15) is 0 Å². The highest BCUT2D eigenvalue weighted by Gasteiger charge is 2.19. The van der Waals surface area contributed by atoms with Gasteiger partial charge in [-0.3, -0.25) is 14.4 Å². The molecule has 0 saturated heterocycles. The van der Waals surface area contributed by atoms with Gasteiger partial charge in [0.15, 0.2) is 6.10 Å². The molecule has 0 aromatic heterocycles. The maximum Gasteiger partial charge on any atom is 0.306 e. The van der Waals surface area contributed by atoms with E-state index >= 15 is 0 Å². The normalized spacial score (nSPS) is 12.4. The minimum absolute atomic E-state index is 0.0759. The minimum atomic E-state index is -0.777. The van der Waals surface area contributed by atoms with Crippen molar-refractivity contribution in [3.8, 4) is 0 Å². The van der Waals surface area contributed by atoms with Gasteiger partial charge in [-0.05, 0) is 77.0 Å². The van der Waals surface area contributed by atoms with Crippen molar-refractivity contribution in [3.05, 3.63) is 60.8 Å². The van der Waals surface area contributed by atoms with Crippen molar-refractivity contribution >= 4 is 17.9 Å². The lowest BCUT2D eigenvalue weighted by Gasteiger charge is -2.18. The van der Waals surface area contributed by atoms with E-state index in [0.717, 1.165) is 89.9 Å². The Hall–Kier alpha value is -2.89. The Balaban J connectivity index is 4.26. The van der Waals surface area contributed by atoms with Crippen LogP contribution in [-0.4, -0.2) is 37.2 Å². The van der Waals surface area contributed by atoms with Gasteiger partial charge < -0.3 is 14.2 Å². The highest BCUT2D eigenvalue weighted by atomic mass is 16.6. The predicted molar refractivity (Wildman–Crippen MR) is 316 cm³/mol. The molecule has 424 valence electrons. The molecule has 0 aromatic rings. The first kappa shape index (κ1) is 70.1. The quantitative estimate of drug-likeness (QED) is 0.0261. The SMILES string of the molecule is CC/C=C\C/C=C\C/C=C\C/C=C\CCCCCCCCCCCCC(=O)OCC(COC(=O)CCCCCCC/C=C\CCCC)OC(=O)CCCCCCCCCCCCCCCCCCCCCCC. The summed E-state index contributed by atoms with van der Waals surface area (Å²) in [6.07, 6.45) is 78.0. The van der Waals surface area contributed by atoms with Crippen LogP contribution in [0.3, 0.4) is 0 Å². The molecular formula is C67H120O6. The van der Waals surface area contributed by atoms with E-state index in [1.807, 2.05) is 0 Å². The highest BCUT2D eigenvalue weighted by Crippen LogP contribution is 2.17. The van der Waals surface area contributed by atoms with E-state index in [1.165, 1.54) is 199 Å². The van der Waals surface area contributed by atoms with Crippen LogP contribution in [0.4, 0.5) is 0 Å². The molecule has 6 nitrogen and oxygen atoms in total. The number of carbonyl (C=O) groups excluding carboxylic acids is 3. The molecule has 1 unspecified atom stereocenters. The standard InChI is InChI=1S/C67H120O6/c1-4-7-10-13-16-19-22-24-26-28-30-32-33-35-36-38-40-42-45-48-51-54-57-60-66(69)72-63-64(62-71-65(68)59-56-53-50-47-44-21-18-15-12-9-6-3)73-67(70)61-58-55-52-49-46-43-41-39-37-34-31-29-27-25-23-20-17-14-11-8-5-2/h7,10,15-16,18-19,24,26,30,32,64H,4-6,8-9,11-14,17,20-23,25,27-29,31,33-63H2,1-3H3/b10-7-,18-15-,19-16-,26-24-,32-30-. The molecule has 1 atom stereocenters. The topological polar surface area (TPSA) is 78.9 Å². The summed E-state index contributed by atoms with van der Waals surface area (Å²) in [5.41, 5.74) is 0. The summed E-state index contributed by atoms with van der Waals surface area (Å²) in [7, 11) is 0. The van der Waals surface area contributed by atoms with Gasteiger partial charge in [-0.1, -0.05) is 293 Å². The average molecular weight is 1020 g/mol. The summed E-state index contributed by atoms with van der Waals surface area (Å²) in [6, 6.07) is 0. The molecular weight excluding hydrogens is 901 g/mol. The zero-order valence-corrected chi connectivity index (χ0v) is 48.7. The molecule has 0 aliphatic heterocycles. The molecule has 0 N–H and O–H groups in total. The van der Waals surface area contributed by atoms with E-state index in [-0.39, 0.29) is 31.1 Å². The Labute approximate surface area is 453 Å². The monoisotopic (exact) mass is 1020 g/mol. The van der Waals surface area contributed by atoms with Crippen LogP contribution in [0.1, 0.15) is 329 Å². The van der Waals surface area contributed by atoms with E-state index in [0.29, 0.717) is 19.3 Å². The molecule has 0 saturated carbocycles. The van der Waals surface area contributed by atoms with E-state index in [4.69, 9.17) is 14.2 Å². The van der Waals surface area contributed by atoms with Crippen molar-refractivity contribution in [3.63, 3.8) is 0 Å². The molecule has 0 heterocycles. The summed E-state index contributed by atoms with van der Waals surface area (Å²) in [5, 5.41) is 0. The predicted octanol–water partition coefficient (Wildman–Crippen LogP) is 21.6. The Morgan fingerprint density at radius 1 is 0.288 bits per heavy atom. The number of unbranched alkanes of at least 4 members (excludes halogenated alkanes) is 37. The summed E-state index contributed by atoms with van der Waals surface area (Å²) in [5.74, 6) is -0.872. The zero-order chi connectivity index (χ0) is 52.9. The number of ether oxygens (including phenoxy) is 3. The molecule has 0 aliphatic rings. The third-order valence-corrected chi connectivity index (χ3v) is 14.0. The molecule has 0 fully saturated rings. The van der Waals surface area contributed by atoms with Crippen LogP contribution in [-0.2, 0) is 28.6 Å². The molecule has 0 bridgehead atoms. The number of rotatable bonds is 58.